The molecular weight excluding hydrogens is 656 g/mol. The van der Waals surface area contributed by atoms with Gasteiger partial charge in [0.2, 0.25) is 0 Å². The standard InChI is InChI=1S/C11H18N2O4.C11H16O3.C7H10O3.C6H10O3/c1-5-9(4)13-17-11(15)12-6-7-16-10(14)8(2)3;1-7(2)11(12)13-6-8-3-4-9-10(5-8)14-9;1-5(2)7(8)10-4-6-3-9-6;1-5(2)6(8)9-4-3-7/h2,5-7H2,1,3-4H3,(H,12,15);8-10H,1,3-6H2,2H3;6H,1,3-4H2,2H3;7H,1,3-4H2,2H3/b13-9+;;;. The van der Waals surface area contributed by atoms with Gasteiger partial charge in [-0.15, -0.1) is 0 Å². The lowest BCUT2D eigenvalue weighted by Crippen LogP contribution is -2.27. The summed E-state index contributed by atoms with van der Waals surface area (Å²) in [7, 11) is 0. The van der Waals surface area contributed by atoms with Crippen molar-refractivity contribution >= 4 is 35.7 Å². The number of epoxide rings is 2. The Hall–Kier alpha value is -4.34. The maximum atomic E-state index is 11.1. The fraction of sp³-hybridized carbons (Fsp3) is 0.600. The fourth-order valence-corrected chi connectivity index (χ4v) is 3.31. The molecule has 15 heteroatoms. The zero-order chi connectivity index (χ0) is 38.2. The molecule has 3 aliphatic rings. The van der Waals surface area contributed by atoms with Crippen molar-refractivity contribution in [2.45, 2.75) is 85.5 Å². The second kappa shape index (κ2) is 25.6. The number of hydrogen-bond donors (Lipinski definition) is 2. The molecule has 3 rings (SSSR count). The van der Waals surface area contributed by atoms with E-state index in [-0.39, 0.29) is 44.4 Å². The highest BCUT2D eigenvalue weighted by molar-refractivity contribution is 5.88. The molecule has 50 heavy (non-hydrogen) atoms. The van der Waals surface area contributed by atoms with E-state index >= 15 is 0 Å². The van der Waals surface area contributed by atoms with Gasteiger partial charge in [-0.05, 0) is 66.2 Å². The van der Waals surface area contributed by atoms with Crippen LogP contribution in [0.15, 0.2) is 53.8 Å². The summed E-state index contributed by atoms with van der Waals surface area (Å²) in [5, 5.41) is 14.1. The Balaban J connectivity index is 0.000000660. The van der Waals surface area contributed by atoms with Crippen LogP contribution in [0.5, 0.6) is 0 Å². The lowest BCUT2D eigenvalue weighted by Gasteiger charge is -2.18. The van der Waals surface area contributed by atoms with Crippen LogP contribution in [0.4, 0.5) is 4.79 Å². The van der Waals surface area contributed by atoms with E-state index in [4.69, 9.17) is 28.8 Å². The first-order valence-corrected chi connectivity index (χ1v) is 16.2. The summed E-state index contributed by atoms with van der Waals surface area (Å²) < 4.78 is 29.3. The Bertz CT molecular complexity index is 1220. The second-order valence-corrected chi connectivity index (χ2v) is 11.6. The van der Waals surface area contributed by atoms with Gasteiger partial charge in [0.25, 0.3) is 0 Å². The number of oxime groups is 1. The van der Waals surface area contributed by atoms with Crippen LogP contribution in [0.1, 0.15) is 67.2 Å². The predicted molar refractivity (Wildman–Crippen MR) is 184 cm³/mol. The number of nitrogens with one attached hydrogen (secondary N) is 1. The van der Waals surface area contributed by atoms with Crippen LogP contribution in [0.2, 0.25) is 0 Å². The molecule has 0 spiro atoms. The molecule has 2 saturated heterocycles. The van der Waals surface area contributed by atoms with Crippen molar-refractivity contribution in [3.05, 3.63) is 48.6 Å². The van der Waals surface area contributed by atoms with Crippen LogP contribution < -0.4 is 5.32 Å². The molecule has 282 valence electrons. The number of hydrogen-bond acceptors (Lipinski definition) is 14. The van der Waals surface area contributed by atoms with Crippen LogP contribution in [-0.4, -0.2) is 105 Å². The van der Waals surface area contributed by atoms with E-state index in [0.717, 1.165) is 19.3 Å². The molecule has 1 aliphatic carbocycles. The zero-order valence-electron chi connectivity index (χ0n) is 30.2. The number of fused-ring (bicyclic) bond motifs is 1. The Morgan fingerprint density at radius 2 is 1.26 bits per heavy atom. The van der Waals surface area contributed by atoms with E-state index in [9.17, 15) is 24.0 Å². The molecule has 2 heterocycles. The van der Waals surface area contributed by atoms with Crippen LogP contribution in [0.25, 0.3) is 0 Å². The van der Waals surface area contributed by atoms with Gasteiger partial charge in [-0.3, -0.25) is 4.84 Å². The lowest BCUT2D eigenvalue weighted by molar-refractivity contribution is -0.141. The molecule has 1 saturated carbocycles. The predicted octanol–water partition coefficient (Wildman–Crippen LogP) is 3.89. The van der Waals surface area contributed by atoms with Gasteiger partial charge in [0, 0.05) is 22.3 Å². The van der Waals surface area contributed by atoms with Crippen molar-refractivity contribution in [2.24, 2.45) is 11.1 Å². The van der Waals surface area contributed by atoms with Crippen molar-refractivity contribution in [3.8, 4) is 0 Å². The first-order chi connectivity index (χ1) is 23.5. The molecule has 2 N–H and O–H groups in total. The summed E-state index contributed by atoms with van der Waals surface area (Å²) in [6.45, 7) is 25.5. The fourth-order valence-electron chi connectivity index (χ4n) is 3.31. The largest absolute Gasteiger partial charge is 0.462 e. The second-order valence-electron chi connectivity index (χ2n) is 11.6. The highest BCUT2D eigenvalue weighted by Crippen LogP contribution is 2.39. The average molecular weight is 711 g/mol. The number of aliphatic hydroxyl groups excluding tert-OH is 1. The van der Waals surface area contributed by atoms with Gasteiger partial charge in [0.15, 0.2) is 0 Å². The lowest BCUT2D eigenvalue weighted by atomic mass is 9.90. The third kappa shape index (κ3) is 23.9. The minimum Gasteiger partial charge on any atom is -0.462 e. The smallest absolute Gasteiger partial charge is 0.433 e. The summed E-state index contributed by atoms with van der Waals surface area (Å²) in [6.07, 6.45) is 4.44. The monoisotopic (exact) mass is 710 g/mol. The van der Waals surface area contributed by atoms with E-state index in [1.807, 2.05) is 6.92 Å². The van der Waals surface area contributed by atoms with Gasteiger partial charge < -0.3 is 38.8 Å². The molecule has 15 nitrogen and oxygen atoms in total. The minimum atomic E-state index is -0.677. The topological polar surface area (TPSA) is 201 Å². The number of amides is 1. The summed E-state index contributed by atoms with van der Waals surface area (Å²) in [5.74, 6) is -1.06. The Kier molecular flexibility index (Phi) is 23.4. The Morgan fingerprint density at radius 3 is 1.72 bits per heavy atom. The van der Waals surface area contributed by atoms with Crippen LogP contribution in [-0.2, 0) is 52.4 Å². The number of rotatable bonds is 15. The van der Waals surface area contributed by atoms with E-state index < -0.39 is 18.0 Å². The molecule has 0 aromatic heterocycles. The van der Waals surface area contributed by atoms with E-state index in [0.29, 0.717) is 72.4 Å². The van der Waals surface area contributed by atoms with Crippen molar-refractivity contribution < 1.29 is 62.3 Å². The first kappa shape index (κ1) is 45.7. The Morgan fingerprint density at radius 1 is 0.760 bits per heavy atom. The summed E-state index contributed by atoms with van der Waals surface area (Å²) in [6, 6.07) is 0. The molecule has 0 bridgehead atoms. The van der Waals surface area contributed by atoms with Crippen LogP contribution in [0, 0.1) is 5.92 Å². The molecule has 4 unspecified atom stereocenters. The third-order valence-electron chi connectivity index (χ3n) is 6.48. The van der Waals surface area contributed by atoms with Gasteiger partial charge >= 0.3 is 30.0 Å². The maximum Gasteiger partial charge on any atom is 0.433 e. The van der Waals surface area contributed by atoms with Gasteiger partial charge in [0.1, 0.15) is 25.9 Å². The number of esters is 4. The van der Waals surface area contributed by atoms with Gasteiger partial charge in [-0.1, -0.05) is 38.4 Å². The van der Waals surface area contributed by atoms with Crippen molar-refractivity contribution in [2.75, 3.05) is 46.2 Å². The molecule has 0 aromatic carbocycles. The minimum absolute atomic E-state index is 0.0473. The highest BCUT2D eigenvalue weighted by atomic mass is 16.7. The molecule has 3 fully saturated rings. The first-order valence-electron chi connectivity index (χ1n) is 16.2. The number of nitrogens with zero attached hydrogens (tertiary/aromatic N) is 1. The van der Waals surface area contributed by atoms with Gasteiger partial charge in [-0.2, -0.15) is 0 Å². The van der Waals surface area contributed by atoms with E-state index in [1.54, 1.807) is 34.6 Å². The SMILES string of the molecule is C=C(C)C(=O)OCC1CCC2OC2C1.C=C(C)C(=O)OCC1CO1.C=C(C)C(=O)OCCNC(=O)O/N=C(\C)CC.C=C(C)C(=O)OCCO. The summed E-state index contributed by atoms with van der Waals surface area (Å²) in [5.41, 5.74) is 2.29. The summed E-state index contributed by atoms with van der Waals surface area (Å²) in [4.78, 5) is 58.8. The third-order valence-corrected chi connectivity index (χ3v) is 6.48. The molecule has 1 amide bonds. The number of carbonyl (C=O) groups is 5. The van der Waals surface area contributed by atoms with Crippen molar-refractivity contribution in [1.29, 1.82) is 0 Å². The number of carbonyl (C=O) groups excluding carboxylic acids is 5. The Labute approximate surface area is 294 Å². The highest BCUT2D eigenvalue weighted by Gasteiger charge is 2.44. The zero-order valence-corrected chi connectivity index (χ0v) is 30.2. The van der Waals surface area contributed by atoms with Crippen LogP contribution >= 0.6 is 0 Å². The number of aliphatic hydroxyl groups is 1. The molecule has 4 atom stereocenters. The van der Waals surface area contributed by atoms with Gasteiger partial charge in [0.05, 0.1) is 44.3 Å². The maximum absolute atomic E-state index is 11.1. The quantitative estimate of drug-likeness (QED) is 0.0363. The van der Waals surface area contributed by atoms with Gasteiger partial charge in [-0.25, -0.2) is 24.0 Å². The molecule has 0 aromatic rings. The van der Waals surface area contributed by atoms with Crippen molar-refractivity contribution in [1.82, 2.24) is 5.32 Å². The molecular formula is C35H54N2O13. The molecule has 0 radical (unpaired) electrons. The van der Waals surface area contributed by atoms with Crippen LogP contribution in [0.3, 0.4) is 0 Å². The van der Waals surface area contributed by atoms with E-state index in [2.05, 4.69) is 46.4 Å². The average Bonchev–Trinajstić information content (AvgIpc) is 4.02. The molecule has 2 aliphatic heterocycles. The van der Waals surface area contributed by atoms with E-state index in [1.165, 1.54) is 0 Å². The number of ether oxygens (including phenoxy) is 6. The summed E-state index contributed by atoms with van der Waals surface area (Å²) >= 11 is 0. The van der Waals surface area contributed by atoms with Crippen molar-refractivity contribution in [3.63, 3.8) is 0 Å². The normalized spacial score (nSPS) is 19.2.